The molecule has 1 fully saturated rings. The fourth-order valence-electron chi connectivity index (χ4n) is 1.88. The van der Waals surface area contributed by atoms with Crippen LogP contribution in [0.2, 0.25) is 0 Å². The molecule has 0 saturated heterocycles. The molecule has 0 heterocycles. The van der Waals surface area contributed by atoms with E-state index in [0.29, 0.717) is 16.4 Å². The molecule has 1 aliphatic rings. The highest BCUT2D eigenvalue weighted by Crippen LogP contribution is 2.31. The number of carbonyl (C=O) groups excluding carboxylic acids is 1. The molecular weight excluding hydrogens is 361 g/mol. The summed E-state index contributed by atoms with van der Waals surface area (Å²) in [5.74, 6) is -0.436. The molecule has 19 heavy (non-hydrogen) atoms. The van der Waals surface area contributed by atoms with Gasteiger partial charge in [-0.25, -0.2) is 0 Å². The standard InChI is InChI=1S/C12H10IN3O3/c13-10-3-2-8(16(18)19)6-9(10)11(17)15-12(7-14)4-1-5-12/h2-3,6H,1,4-5H2,(H,15,17). The fraction of sp³-hybridized carbons (Fsp3) is 0.333. The topological polar surface area (TPSA) is 96.0 Å². The van der Waals surface area contributed by atoms with Crippen LogP contribution in [0.1, 0.15) is 29.6 Å². The fourth-order valence-corrected chi connectivity index (χ4v) is 2.46. The van der Waals surface area contributed by atoms with Crippen LogP contribution in [0.25, 0.3) is 0 Å². The predicted octanol–water partition coefficient (Wildman–Crippen LogP) is 2.38. The number of halogens is 1. The first-order valence-corrected chi connectivity index (χ1v) is 6.73. The first-order chi connectivity index (χ1) is 8.97. The van der Waals surface area contributed by atoms with Gasteiger partial charge in [0.25, 0.3) is 11.6 Å². The SMILES string of the molecule is N#CC1(NC(=O)c2cc([N+](=O)[O-])ccc2I)CCC1. The zero-order valence-corrected chi connectivity index (χ0v) is 12.0. The Morgan fingerprint density at radius 2 is 2.21 bits per heavy atom. The number of nitrogens with zero attached hydrogens (tertiary/aromatic N) is 2. The zero-order chi connectivity index (χ0) is 14.0. The molecule has 7 heteroatoms. The quantitative estimate of drug-likeness (QED) is 0.501. The minimum absolute atomic E-state index is 0.134. The molecule has 1 amide bonds. The lowest BCUT2D eigenvalue weighted by atomic mass is 9.78. The van der Waals surface area contributed by atoms with Crippen molar-refractivity contribution in [1.82, 2.24) is 5.32 Å². The molecular formula is C12H10IN3O3. The minimum atomic E-state index is -0.801. The van der Waals surface area contributed by atoms with Crippen LogP contribution in [-0.4, -0.2) is 16.4 Å². The zero-order valence-electron chi connectivity index (χ0n) is 9.85. The molecule has 1 saturated carbocycles. The van der Waals surface area contributed by atoms with Gasteiger partial charge in [0, 0.05) is 15.7 Å². The second-order valence-corrected chi connectivity index (χ2v) is 5.59. The van der Waals surface area contributed by atoms with Crippen LogP contribution >= 0.6 is 22.6 Å². The minimum Gasteiger partial charge on any atom is -0.334 e. The van der Waals surface area contributed by atoms with Crippen molar-refractivity contribution in [3.8, 4) is 6.07 Å². The van der Waals surface area contributed by atoms with Crippen molar-refractivity contribution in [3.63, 3.8) is 0 Å². The van der Waals surface area contributed by atoms with Gasteiger partial charge in [-0.05, 0) is 47.9 Å². The summed E-state index contributed by atoms with van der Waals surface area (Å²) in [5.41, 5.74) is -0.702. The molecule has 0 radical (unpaired) electrons. The lowest BCUT2D eigenvalue weighted by Gasteiger charge is -2.35. The number of nitro groups is 1. The normalized spacial score (nSPS) is 16.0. The first-order valence-electron chi connectivity index (χ1n) is 5.65. The van der Waals surface area contributed by atoms with E-state index in [1.807, 2.05) is 22.6 Å². The average Bonchev–Trinajstić information content (AvgIpc) is 2.33. The second kappa shape index (κ2) is 5.13. The maximum atomic E-state index is 12.1. The van der Waals surface area contributed by atoms with Crippen molar-refractivity contribution in [2.24, 2.45) is 0 Å². The second-order valence-electron chi connectivity index (χ2n) is 4.42. The molecule has 1 aliphatic carbocycles. The van der Waals surface area contributed by atoms with Crippen molar-refractivity contribution in [3.05, 3.63) is 37.4 Å². The van der Waals surface area contributed by atoms with Gasteiger partial charge >= 0.3 is 0 Å². The smallest absolute Gasteiger partial charge is 0.270 e. The largest absolute Gasteiger partial charge is 0.334 e. The van der Waals surface area contributed by atoms with E-state index in [1.165, 1.54) is 18.2 Å². The summed E-state index contributed by atoms with van der Waals surface area (Å²) in [7, 11) is 0. The van der Waals surface area contributed by atoms with Crippen LogP contribution in [0.15, 0.2) is 18.2 Å². The number of amides is 1. The number of carbonyl (C=O) groups is 1. The van der Waals surface area contributed by atoms with E-state index in [-0.39, 0.29) is 11.3 Å². The Bertz CT molecular complexity index is 590. The molecule has 2 rings (SSSR count). The Labute approximate surface area is 123 Å². The first kappa shape index (κ1) is 13.7. The molecule has 0 bridgehead atoms. The third-order valence-electron chi connectivity index (χ3n) is 3.18. The third-order valence-corrected chi connectivity index (χ3v) is 4.12. The van der Waals surface area contributed by atoms with E-state index in [4.69, 9.17) is 5.26 Å². The Morgan fingerprint density at radius 3 is 2.68 bits per heavy atom. The number of non-ortho nitro benzene ring substituents is 1. The van der Waals surface area contributed by atoms with Crippen LogP contribution in [0.5, 0.6) is 0 Å². The van der Waals surface area contributed by atoms with Crippen molar-refractivity contribution < 1.29 is 9.72 Å². The number of rotatable bonds is 3. The number of benzene rings is 1. The average molecular weight is 371 g/mol. The van der Waals surface area contributed by atoms with Crippen molar-refractivity contribution in [2.45, 2.75) is 24.8 Å². The van der Waals surface area contributed by atoms with Gasteiger partial charge in [0.1, 0.15) is 5.54 Å². The highest BCUT2D eigenvalue weighted by Gasteiger charge is 2.39. The molecule has 1 aromatic carbocycles. The van der Waals surface area contributed by atoms with Crippen LogP contribution in [0, 0.1) is 25.0 Å². The Kier molecular flexibility index (Phi) is 3.71. The number of nitriles is 1. The van der Waals surface area contributed by atoms with Gasteiger partial charge in [-0.1, -0.05) is 0 Å². The molecule has 98 valence electrons. The molecule has 0 unspecified atom stereocenters. The van der Waals surface area contributed by atoms with E-state index < -0.39 is 16.4 Å². The number of nitrogens with one attached hydrogen (secondary N) is 1. The van der Waals surface area contributed by atoms with Gasteiger partial charge < -0.3 is 5.32 Å². The maximum Gasteiger partial charge on any atom is 0.270 e. The molecule has 0 atom stereocenters. The summed E-state index contributed by atoms with van der Waals surface area (Å²) in [6.45, 7) is 0. The summed E-state index contributed by atoms with van der Waals surface area (Å²) in [5, 5.41) is 22.5. The van der Waals surface area contributed by atoms with Crippen LogP contribution in [-0.2, 0) is 0 Å². The van der Waals surface area contributed by atoms with E-state index in [9.17, 15) is 14.9 Å². The Balaban J connectivity index is 2.26. The molecule has 1 N–H and O–H groups in total. The van der Waals surface area contributed by atoms with E-state index in [0.717, 1.165) is 6.42 Å². The predicted molar refractivity (Wildman–Crippen MR) is 75.5 cm³/mol. The maximum absolute atomic E-state index is 12.1. The third kappa shape index (κ3) is 2.68. The number of hydrogen-bond acceptors (Lipinski definition) is 4. The molecule has 6 nitrogen and oxygen atoms in total. The van der Waals surface area contributed by atoms with Gasteiger partial charge in [0.2, 0.25) is 0 Å². The van der Waals surface area contributed by atoms with E-state index in [1.54, 1.807) is 0 Å². The van der Waals surface area contributed by atoms with Crippen LogP contribution < -0.4 is 5.32 Å². The molecule has 0 aliphatic heterocycles. The number of nitro benzene ring substituents is 1. The summed E-state index contributed by atoms with van der Waals surface area (Å²) < 4.78 is 0.619. The Morgan fingerprint density at radius 1 is 1.53 bits per heavy atom. The van der Waals surface area contributed by atoms with Gasteiger partial charge in [-0.15, -0.1) is 0 Å². The Hall–Kier alpha value is -1.69. The molecule has 0 aromatic heterocycles. The van der Waals surface area contributed by atoms with Crippen LogP contribution in [0.3, 0.4) is 0 Å². The van der Waals surface area contributed by atoms with Crippen LogP contribution in [0.4, 0.5) is 5.69 Å². The van der Waals surface area contributed by atoms with Gasteiger partial charge in [0.05, 0.1) is 16.6 Å². The van der Waals surface area contributed by atoms with Gasteiger partial charge in [0.15, 0.2) is 0 Å². The summed E-state index contributed by atoms with van der Waals surface area (Å²) in [4.78, 5) is 22.3. The van der Waals surface area contributed by atoms with E-state index >= 15 is 0 Å². The monoisotopic (exact) mass is 371 g/mol. The highest BCUT2D eigenvalue weighted by atomic mass is 127. The molecule has 0 spiro atoms. The summed E-state index contributed by atoms with van der Waals surface area (Å²) in [6, 6.07) is 6.21. The van der Waals surface area contributed by atoms with Gasteiger partial charge in [-0.2, -0.15) is 5.26 Å². The summed E-state index contributed by atoms with van der Waals surface area (Å²) >= 11 is 1.94. The highest BCUT2D eigenvalue weighted by molar-refractivity contribution is 14.1. The van der Waals surface area contributed by atoms with Gasteiger partial charge in [-0.3, -0.25) is 14.9 Å². The van der Waals surface area contributed by atoms with E-state index in [2.05, 4.69) is 11.4 Å². The lowest BCUT2D eigenvalue weighted by molar-refractivity contribution is -0.384. The number of hydrogen-bond donors (Lipinski definition) is 1. The lowest BCUT2D eigenvalue weighted by Crippen LogP contribution is -2.52. The van der Waals surface area contributed by atoms with Crippen molar-refractivity contribution >= 4 is 34.2 Å². The van der Waals surface area contributed by atoms with Crippen molar-refractivity contribution in [1.29, 1.82) is 5.26 Å². The molecule has 1 aromatic rings. The van der Waals surface area contributed by atoms with Crippen molar-refractivity contribution in [2.75, 3.05) is 0 Å². The summed E-state index contributed by atoms with van der Waals surface area (Å²) in [6.07, 6.45) is 2.15.